The van der Waals surface area contributed by atoms with Gasteiger partial charge in [0.25, 0.3) is 5.91 Å². The van der Waals surface area contributed by atoms with Crippen molar-refractivity contribution in [3.8, 4) is 11.5 Å². The molecule has 1 aromatic rings. The van der Waals surface area contributed by atoms with Gasteiger partial charge in [-0.3, -0.25) is 9.59 Å². The Morgan fingerprint density at radius 3 is 2.72 bits per heavy atom. The van der Waals surface area contributed by atoms with Gasteiger partial charge in [-0.25, -0.2) is 0 Å². The maximum Gasteiger partial charge on any atom is 0.258 e. The van der Waals surface area contributed by atoms with Crippen LogP contribution in [0.2, 0.25) is 0 Å². The van der Waals surface area contributed by atoms with Crippen LogP contribution in [0.5, 0.6) is 11.5 Å². The van der Waals surface area contributed by atoms with Gasteiger partial charge >= 0.3 is 0 Å². The highest BCUT2D eigenvalue weighted by molar-refractivity contribution is 5.98. The molecular formula is C22H28N2O5. The highest BCUT2D eigenvalue weighted by atomic mass is 16.6. The summed E-state index contributed by atoms with van der Waals surface area (Å²) in [5.74, 6) is 1.17. The van der Waals surface area contributed by atoms with Gasteiger partial charge in [0.05, 0.1) is 24.3 Å². The zero-order valence-electron chi connectivity index (χ0n) is 16.6. The van der Waals surface area contributed by atoms with E-state index < -0.39 is 0 Å². The van der Waals surface area contributed by atoms with Crippen molar-refractivity contribution in [3.63, 3.8) is 0 Å². The number of para-hydroxylation sites is 1. The quantitative estimate of drug-likeness (QED) is 0.841. The number of nitrogens with zero attached hydrogens (tertiary/aromatic N) is 1. The van der Waals surface area contributed by atoms with Gasteiger partial charge in [-0.15, -0.1) is 0 Å². The number of amides is 2. The van der Waals surface area contributed by atoms with Crippen LogP contribution in [-0.4, -0.2) is 61.3 Å². The minimum Gasteiger partial charge on any atom is -0.486 e. The van der Waals surface area contributed by atoms with Gasteiger partial charge in [-0.05, 0) is 50.7 Å². The van der Waals surface area contributed by atoms with Gasteiger partial charge < -0.3 is 24.4 Å². The van der Waals surface area contributed by atoms with Crippen LogP contribution in [0.4, 0.5) is 0 Å². The summed E-state index contributed by atoms with van der Waals surface area (Å²) >= 11 is 0. The lowest BCUT2D eigenvalue weighted by molar-refractivity contribution is -0.132. The van der Waals surface area contributed by atoms with Crippen LogP contribution in [0.1, 0.15) is 48.9 Å². The Hall–Kier alpha value is -2.28. The molecule has 4 aliphatic rings. The van der Waals surface area contributed by atoms with Crippen molar-refractivity contribution in [1.82, 2.24) is 10.2 Å². The highest BCUT2D eigenvalue weighted by Crippen LogP contribution is 2.37. The van der Waals surface area contributed by atoms with Crippen molar-refractivity contribution in [3.05, 3.63) is 23.8 Å². The molecule has 7 heteroatoms. The zero-order valence-corrected chi connectivity index (χ0v) is 16.6. The molecule has 1 aromatic carbocycles. The molecule has 0 bridgehead atoms. The molecule has 1 saturated heterocycles. The van der Waals surface area contributed by atoms with E-state index in [2.05, 4.69) is 5.32 Å². The molecule has 0 radical (unpaired) electrons. The molecule has 7 nitrogen and oxygen atoms in total. The average molecular weight is 400 g/mol. The van der Waals surface area contributed by atoms with Crippen molar-refractivity contribution >= 4 is 11.8 Å². The monoisotopic (exact) mass is 400 g/mol. The topological polar surface area (TPSA) is 77.1 Å². The van der Waals surface area contributed by atoms with Gasteiger partial charge in [0.1, 0.15) is 13.2 Å². The second-order valence-electron chi connectivity index (χ2n) is 8.45. The van der Waals surface area contributed by atoms with E-state index >= 15 is 0 Å². The Labute approximate surface area is 170 Å². The van der Waals surface area contributed by atoms with E-state index in [1.165, 1.54) is 6.42 Å². The van der Waals surface area contributed by atoms with Crippen LogP contribution in [-0.2, 0) is 9.53 Å². The first-order chi connectivity index (χ1) is 14.2. The summed E-state index contributed by atoms with van der Waals surface area (Å²) in [6.45, 7) is 1.99. The predicted molar refractivity (Wildman–Crippen MR) is 105 cm³/mol. The summed E-state index contributed by atoms with van der Waals surface area (Å²) in [5.41, 5.74) is 0.531. The number of rotatable bonds is 3. The SMILES string of the molecule is O=C(NC1CCC1)[C@H]1CC[C@H]2OCCN(C(=O)c3cccc4c3OCCO4)[C@@H]2C1. The first kappa shape index (κ1) is 18.7. The third kappa shape index (κ3) is 3.56. The van der Waals surface area contributed by atoms with Crippen molar-refractivity contribution in [2.24, 2.45) is 5.92 Å². The van der Waals surface area contributed by atoms with E-state index in [0.717, 1.165) is 25.7 Å². The minimum absolute atomic E-state index is 0.00263. The predicted octanol–water partition coefficient (Wildman–Crippen LogP) is 2.14. The second kappa shape index (κ2) is 7.86. The maximum absolute atomic E-state index is 13.5. The lowest BCUT2D eigenvalue weighted by atomic mass is 9.81. The van der Waals surface area contributed by atoms with Gasteiger partial charge in [0, 0.05) is 18.5 Å². The average Bonchev–Trinajstić information content (AvgIpc) is 2.74. The standard InChI is InChI=1S/C22H28N2O5/c25-21(23-15-3-1-4-15)14-7-8-18-17(13-14)24(9-10-27-18)22(26)16-5-2-6-19-20(16)29-12-11-28-19/h2,5-6,14-15,17-18H,1,3-4,7-13H2,(H,23,25)/t14-,17+,18+/m0/s1. The Balaban J connectivity index is 1.34. The van der Waals surface area contributed by atoms with Gasteiger partial charge in [0.2, 0.25) is 5.91 Å². The van der Waals surface area contributed by atoms with E-state index in [-0.39, 0.29) is 29.9 Å². The van der Waals surface area contributed by atoms with Crippen molar-refractivity contribution in [2.45, 2.75) is 56.7 Å². The van der Waals surface area contributed by atoms with E-state index in [1.54, 1.807) is 6.07 Å². The van der Waals surface area contributed by atoms with Crippen LogP contribution >= 0.6 is 0 Å². The Kier molecular flexibility index (Phi) is 5.08. The molecule has 0 aromatic heterocycles. The summed E-state index contributed by atoms with van der Waals surface area (Å²) in [6, 6.07) is 5.71. The number of hydrogen-bond acceptors (Lipinski definition) is 5. The summed E-state index contributed by atoms with van der Waals surface area (Å²) < 4.78 is 17.4. The largest absolute Gasteiger partial charge is 0.486 e. The summed E-state index contributed by atoms with van der Waals surface area (Å²) in [4.78, 5) is 28.1. The maximum atomic E-state index is 13.5. The molecule has 2 aliphatic carbocycles. The molecule has 29 heavy (non-hydrogen) atoms. The van der Waals surface area contributed by atoms with Crippen LogP contribution in [0, 0.1) is 5.92 Å². The number of fused-ring (bicyclic) bond motifs is 2. The number of carbonyl (C=O) groups excluding carboxylic acids is 2. The molecule has 3 fully saturated rings. The lowest BCUT2D eigenvalue weighted by Gasteiger charge is -2.46. The van der Waals surface area contributed by atoms with Crippen LogP contribution in [0.3, 0.4) is 0 Å². The van der Waals surface area contributed by atoms with Crippen LogP contribution < -0.4 is 14.8 Å². The van der Waals surface area contributed by atoms with Gasteiger partial charge in [-0.1, -0.05) is 6.07 Å². The molecule has 2 aliphatic heterocycles. The fourth-order valence-electron chi connectivity index (χ4n) is 4.87. The second-order valence-corrected chi connectivity index (χ2v) is 8.45. The first-order valence-electron chi connectivity index (χ1n) is 10.8. The minimum atomic E-state index is -0.0810. The normalized spacial score (nSPS) is 28.8. The molecule has 2 heterocycles. The van der Waals surface area contributed by atoms with Crippen molar-refractivity contribution in [2.75, 3.05) is 26.4 Å². The molecule has 1 N–H and O–H groups in total. The van der Waals surface area contributed by atoms with E-state index in [0.29, 0.717) is 55.9 Å². The van der Waals surface area contributed by atoms with E-state index in [9.17, 15) is 9.59 Å². The van der Waals surface area contributed by atoms with Crippen molar-refractivity contribution in [1.29, 1.82) is 0 Å². The van der Waals surface area contributed by atoms with Crippen molar-refractivity contribution < 1.29 is 23.8 Å². The molecule has 0 spiro atoms. The molecule has 156 valence electrons. The van der Waals surface area contributed by atoms with E-state index in [1.807, 2.05) is 17.0 Å². The third-order valence-corrected chi connectivity index (χ3v) is 6.70. The summed E-state index contributed by atoms with van der Waals surface area (Å²) in [7, 11) is 0. The highest BCUT2D eigenvalue weighted by Gasteiger charge is 2.43. The molecule has 0 unspecified atom stereocenters. The molecule has 5 rings (SSSR count). The Morgan fingerprint density at radius 1 is 1.03 bits per heavy atom. The number of nitrogens with one attached hydrogen (secondary N) is 1. The smallest absolute Gasteiger partial charge is 0.258 e. The number of ether oxygens (including phenoxy) is 3. The van der Waals surface area contributed by atoms with Gasteiger partial charge in [0.15, 0.2) is 11.5 Å². The molecule has 2 saturated carbocycles. The third-order valence-electron chi connectivity index (χ3n) is 6.70. The molecule has 2 amide bonds. The zero-order chi connectivity index (χ0) is 19.8. The number of carbonyl (C=O) groups is 2. The fourth-order valence-corrected chi connectivity index (χ4v) is 4.87. The summed E-state index contributed by atoms with van der Waals surface area (Å²) in [6.07, 6.45) is 5.64. The molecule has 3 atom stereocenters. The Morgan fingerprint density at radius 2 is 1.90 bits per heavy atom. The number of hydrogen-bond donors (Lipinski definition) is 1. The first-order valence-corrected chi connectivity index (χ1v) is 10.8. The lowest BCUT2D eigenvalue weighted by Crippen LogP contribution is -2.57. The van der Waals surface area contributed by atoms with Crippen LogP contribution in [0.25, 0.3) is 0 Å². The summed E-state index contributed by atoms with van der Waals surface area (Å²) in [5, 5.41) is 3.18. The van der Waals surface area contributed by atoms with Gasteiger partial charge in [-0.2, -0.15) is 0 Å². The Bertz CT molecular complexity index is 793. The van der Waals surface area contributed by atoms with E-state index in [4.69, 9.17) is 14.2 Å². The van der Waals surface area contributed by atoms with Crippen LogP contribution in [0.15, 0.2) is 18.2 Å². The number of benzene rings is 1. The fraction of sp³-hybridized carbons (Fsp3) is 0.636. The number of morpholine rings is 1. The molecular weight excluding hydrogens is 372 g/mol.